The number of hydrogen-bond donors (Lipinski definition) is 1. The van der Waals surface area contributed by atoms with Gasteiger partial charge in [0.2, 0.25) is 0 Å². The summed E-state index contributed by atoms with van der Waals surface area (Å²) >= 11 is 0. The molecule has 0 spiro atoms. The number of hydrogen-bond acceptors (Lipinski definition) is 4. The molecule has 0 aliphatic heterocycles. The van der Waals surface area contributed by atoms with E-state index in [0.29, 0.717) is 23.2 Å². The largest absolute Gasteiger partial charge is 0.316 e. The first-order valence-electron chi connectivity index (χ1n) is 9.12. The van der Waals surface area contributed by atoms with Crippen LogP contribution in [0.5, 0.6) is 0 Å². The van der Waals surface area contributed by atoms with Crippen LogP contribution < -0.4 is 5.32 Å². The first-order chi connectivity index (χ1) is 13.9. The summed E-state index contributed by atoms with van der Waals surface area (Å²) in [5, 5.41) is 3.86. The molecule has 5 nitrogen and oxygen atoms in total. The zero-order chi connectivity index (χ0) is 20.6. The highest BCUT2D eigenvalue weighted by molar-refractivity contribution is 7.90. The lowest BCUT2D eigenvalue weighted by Crippen LogP contribution is -2.12. The van der Waals surface area contributed by atoms with Crippen molar-refractivity contribution in [1.29, 1.82) is 0 Å². The van der Waals surface area contributed by atoms with Crippen LogP contribution in [0, 0.1) is 12.7 Å². The van der Waals surface area contributed by atoms with E-state index in [-0.39, 0.29) is 10.7 Å². The van der Waals surface area contributed by atoms with Gasteiger partial charge in [0, 0.05) is 36.1 Å². The Kier molecular flexibility index (Phi) is 4.94. The van der Waals surface area contributed by atoms with Crippen LogP contribution in [0.15, 0.2) is 72.0 Å². The first-order valence-corrected chi connectivity index (χ1v) is 10.6. The van der Waals surface area contributed by atoms with Crippen molar-refractivity contribution in [2.45, 2.75) is 18.4 Å². The molecule has 0 amide bonds. The summed E-state index contributed by atoms with van der Waals surface area (Å²) in [6, 6.07) is 13.5. The summed E-state index contributed by atoms with van der Waals surface area (Å²) in [5.74, 6) is -0.340. The van der Waals surface area contributed by atoms with E-state index < -0.39 is 10.0 Å². The molecule has 7 heteroatoms. The van der Waals surface area contributed by atoms with E-state index in [1.807, 2.05) is 25.1 Å². The number of fused-ring (bicyclic) bond motifs is 1. The zero-order valence-corrected chi connectivity index (χ0v) is 16.9. The molecule has 2 aromatic carbocycles. The summed E-state index contributed by atoms with van der Waals surface area (Å²) in [6.07, 6.45) is 4.46. The third kappa shape index (κ3) is 3.43. The van der Waals surface area contributed by atoms with Gasteiger partial charge >= 0.3 is 0 Å². The van der Waals surface area contributed by atoms with Crippen molar-refractivity contribution in [3.05, 3.63) is 84.1 Å². The van der Waals surface area contributed by atoms with Crippen LogP contribution in [0.3, 0.4) is 0 Å². The zero-order valence-electron chi connectivity index (χ0n) is 16.1. The topological polar surface area (TPSA) is 64.0 Å². The standard InChI is InChI=1S/C22H20FN3O2S/c1-15-5-7-19(21(23)10-15)16-6-8-20-17(12-24-2)14-26(22(20)11-16)29(27,28)18-4-3-9-25-13-18/h3-11,13-14,24H,12H2,1-2H3. The van der Waals surface area contributed by atoms with Gasteiger partial charge in [0.25, 0.3) is 10.0 Å². The monoisotopic (exact) mass is 409 g/mol. The predicted molar refractivity (Wildman–Crippen MR) is 112 cm³/mol. The van der Waals surface area contributed by atoms with Crippen molar-refractivity contribution in [1.82, 2.24) is 14.3 Å². The third-order valence-electron chi connectivity index (χ3n) is 4.85. The second kappa shape index (κ2) is 7.42. The summed E-state index contributed by atoms with van der Waals surface area (Å²) in [5.41, 5.74) is 3.21. The molecule has 0 atom stereocenters. The Hall–Kier alpha value is -3.03. The molecule has 148 valence electrons. The molecule has 0 saturated heterocycles. The molecule has 0 unspecified atom stereocenters. The third-order valence-corrected chi connectivity index (χ3v) is 6.51. The molecule has 2 aromatic heterocycles. The van der Waals surface area contributed by atoms with Crippen molar-refractivity contribution in [2.24, 2.45) is 0 Å². The number of pyridine rings is 1. The quantitative estimate of drug-likeness (QED) is 0.539. The van der Waals surface area contributed by atoms with E-state index in [4.69, 9.17) is 0 Å². The lowest BCUT2D eigenvalue weighted by molar-refractivity contribution is 0.588. The van der Waals surface area contributed by atoms with Gasteiger partial charge in [-0.2, -0.15) is 0 Å². The van der Waals surface area contributed by atoms with E-state index in [2.05, 4.69) is 10.3 Å². The van der Waals surface area contributed by atoms with Crippen molar-refractivity contribution in [3.8, 4) is 11.1 Å². The van der Waals surface area contributed by atoms with Gasteiger partial charge in [-0.05, 0) is 54.9 Å². The maximum atomic E-state index is 14.5. The molecule has 4 aromatic rings. The Labute approximate surface area is 168 Å². The maximum absolute atomic E-state index is 14.5. The fourth-order valence-electron chi connectivity index (χ4n) is 3.43. The molecule has 1 N–H and O–H groups in total. The van der Waals surface area contributed by atoms with Crippen LogP contribution in [0.2, 0.25) is 0 Å². The maximum Gasteiger partial charge on any atom is 0.269 e. The molecule has 2 heterocycles. The highest BCUT2D eigenvalue weighted by Gasteiger charge is 2.22. The second-order valence-electron chi connectivity index (χ2n) is 6.89. The molecule has 29 heavy (non-hydrogen) atoms. The Bertz CT molecular complexity index is 1300. The second-order valence-corrected chi connectivity index (χ2v) is 8.70. The van der Waals surface area contributed by atoms with Gasteiger partial charge in [0.05, 0.1) is 5.52 Å². The van der Waals surface area contributed by atoms with Crippen molar-refractivity contribution >= 4 is 20.9 Å². The highest BCUT2D eigenvalue weighted by Crippen LogP contribution is 2.31. The molecule has 4 rings (SSSR count). The van der Waals surface area contributed by atoms with E-state index in [1.165, 1.54) is 28.5 Å². The van der Waals surface area contributed by atoms with Crippen LogP contribution in [0.4, 0.5) is 4.39 Å². The minimum Gasteiger partial charge on any atom is -0.316 e. The van der Waals surface area contributed by atoms with Gasteiger partial charge in [-0.25, -0.2) is 16.8 Å². The summed E-state index contributed by atoms with van der Waals surface area (Å²) < 4.78 is 42.3. The molecule has 0 saturated carbocycles. The minimum atomic E-state index is -3.85. The van der Waals surface area contributed by atoms with Crippen LogP contribution in [0.25, 0.3) is 22.0 Å². The molecular weight excluding hydrogens is 389 g/mol. The number of nitrogens with one attached hydrogen (secondary N) is 1. The van der Waals surface area contributed by atoms with Gasteiger partial charge in [-0.1, -0.05) is 24.3 Å². The van der Waals surface area contributed by atoms with Crippen LogP contribution >= 0.6 is 0 Å². The lowest BCUT2D eigenvalue weighted by atomic mass is 10.0. The van der Waals surface area contributed by atoms with Crippen molar-refractivity contribution in [2.75, 3.05) is 7.05 Å². The SMILES string of the molecule is CNCc1cn(S(=O)(=O)c2cccnc2)c2cc(-c3ccc(C)cc3F)ccc12. The molecular formula is C22H20FN3O2S. The molecule has 0 bridgehead atoms. The number of nitrogens with zero attached hydrogens (tertiary/aromatic N) is 2. The average molecular weight is 409 g/mol. The molecule has 0 aliphatic carbocycles. The van der Waals surface area contributed by atoms with E-state index in [0.717, 1.165) is 16.5 Å². The number of benzene rings is 2. The number of aryl methyl sites for hydroxylation is 1. The van der Waals surface area contributed by atoms with Gasteiger partial charge in [-0.15, -0.1) is 0 Å². The van der Waals surface area contributed by atoms with Crippen molar-refractivity contribution in [3.63, 3.8) is 0 Å². The average Bonchev–Trinajstić information content (AvgIpc) is 3.07. The van der Waals surface area contributed by atoms with E-state index in [1.54, 1.807) is 31.4 Å². The fourth-order valence-corrected chi connectivity index (χ4v) is 4.78. The Balaban J connectivity index is 1.97. The number of aromatic nitrogens is 2. The lowest BCUT2D eigenvalue weighted by Gasteiger charge is -2.09. The summed E-state index contributed by atoms with van der Waals surface area (Å²) in [7, 11) is -2.05. The van der Waals surface area contributed by atoms with Crippen LogP contribution in [-0.4, -0.2) is 24.4 Å². The van der Waals surface area contributed by atoms with E-state index in [9.17, 15) is 12.8 Å². The van der Waals surface area contributed by atoms with Gasteiger partial charge in [0.1, 0.15) is 10.7 Å². The number of rotatable bonds is 5. The fraction of sp³-hybridized carbons (Fsp3) is 0.136. The summed E-state index contributed by atoms with van der Waals surface area (Å²) in [4.78, 5) is 4.03. The first kappa shape index (κ1) is 19.3. The van der Waals surface area contributed by atoms with E-state index >= 15 is 0 Å². The molecule has 0 fully saturated rings. The Morgan fingerprint density at radius 3 is 2.66 bits per heavy atom. The Morgan fingerprint density at radius 2 is 1.97 bits per heavy atom. The van der Waals surface area contributed by atoms with Gasteiger partial charge in [0.15, 0.2) is 0 Å². The number of halogens is 1. The Morgan fingerprint density at radius 1 is 1.14 bits per heavy atom. The van der Waals surface area contributed by atoms with Crippen molar-refractivity contribution < 1.29 is 12.8 Å². The molecule has 0 radical (unpaired) electrons. The van der Waals surface area contributed by atoms with Gasteiger partial charge < -0.3 is 5.32 Å². The highest BCUT2D eigenvalue weighted by atomic mass is 32.2. The summed E-state index contributed by atoms with van der Waals surface area (Å²) in [6.45, 7) is 2.33. The smallest absolute Gasteiger partial charge is 0.269 e. The van der Waals surface area contributed by atoms with Crippen LogP contribution in [0.1, 0.15) is 11.1 Å². The van der Waals surface area contributed by atoms with Crippen LogP contribution in [-0.2, 0) is 16.6 Å². The normalized spacial score (nSPS) is 11.8. The predicted octanol–water partition coefficient (Wildman–Crippen LogP) is 4.11. The van der Waals surface area contributed by atoms with Gasteiger partial charge in [-0.3, -0.25) is 4.98 Å². The molecule has 0 aliphatic rings. The minimum absolute atomic E-state index is 0.0971.